The van der Waals surface area contributed by atoms with Crippen LogP contribution in [-0.2, 0) is 11.3 Å². The minimum absolute atomic E-state index is 0.0914. The number of aromatic amines is 1. The Morgan fingerprint density at radius 2 is 2.04 bits per heavy atom. The standard InChI is InChI=1S/C18H25N5O/c1-13-3-5-15(6-4-13)11-19-18(24)14(2)23-9-7-16(8-10-23)17-20-12-21-22-17/h3-6,12,14,16H,7-11H2,1-2H3,(H,19,24)(H,20,21,22). The van der Waals surface area contributed by atoms with Gasteiger partial charge in [0.2, 0.25) is 5.91 Å². The Labute approximate surface area is 142 Å². The molecule has 1 unspecified atom stereocenters. The molecular weight excluding hydrogens is 302 g/mol. The molecule has 6 heteroatoms. The maximum atomic E-state index is 12.4. The van der Waals surface area contributed by atoms with E-state index in [-0.39, 0.29) is 11.9 Å². The van der Waals surface area contributed by atoms with E-state index >= 15 is 0 Å². The third-order valence-electron chi connectivity index (χ3n) is 4.86. The molecule has 0 bridgehead atoms. The summed E-state index contributed by atoms with van der Waals surface area (Å²) in [5.74, 6) is 1.48. The number of aromatic nitrogens is 3. The first-order chi connectivity index (χ1) is 11.6. The molecule has 1 aliphatic heterocycles. The van der Waals surface area contributed by atoms with Crippen molar-refractivity contribution in [3.8, 4) is 0 Å². The van der Waals surface area contributed by atoms with E-state index in [1.807, 2.05) is 6.92 Å². The second-order valence-electron chi connectivity index (χ2n) is 6.56. The van der Waals surface area contributed by atoms with Gasteiger partial charge in [0.15, 0.2) is 0 Å². The summed E-state index contributed by atoms with van der Waals surface area (Å²) < 4.78 is 0. The molecular formula is C18H25N5O. The van der Waals surface area contributed by atoms with Crippen LogP contribution in [0.1, 0.15) is 42.6 Å². The predicted octanol–water partition coefficient (Wildman–Crippen LogP) is 2.00. The molecule has 1 fully saturated rings. The lowest BCUT2D eigenvalue weighted by Gasteiger charge is -2.34. The normalized spacial score (nSPS) is 17.6. The largest absolute Gasteiger partial charge is 0.351 e. The lowest BCUT2D eigenvalue weighted by molar-refractivity contribution is -0.126. The molecule has 24 heavy (non-hydrogen) atoms. The van der Waals surface area contributed by atoms with Gasteiger partial charge >= 0.3 is 0 Å². The Bertz CT molecular complexity index is 645. The van der Waals surface area contributed by atoms with Crippen LogP contribution in [0.3, 0.4) is 0 Å². The van der Waals surface area contributed by atoms with Crippen LogP contribution in [0.2, 0.25) is 0 Å². The number of hydrogen-bond acceptors (Lipinski definition) is 4. The first-order valence-corrected chi connectivity index (χ1v) is 8.56. The Kier molecular flexibility index (Phi) is 5.25. The molecule has 1 aromatic heterocycles. The van der Waals surface area contributed by atoms with E-state index in [1.165, 1.54) is 5.56 Å². The first kappa shape index (κ1) is 16.6. The van der Waals surface area contributed by atoms with Crippen molar-refractivity contribution in [3.05, 3.63) is 47.5 Å². The van der Waals surface area contributed by atoms with Gasteiger partial charge < -0.3 is 5.32 Å². The Morgan fingerprint density at radius 1 is 1.33 bits per heavy atom. The van der Waals surface area contributed by atoms with E-state index in [2.05, 4.69) is 56.6 Å². The van der Waals surface area contributed by atoms with Crippen molar-refractivity contribution in [2.24, 2.45) is 0 Å². The van der Waals surface area contributed by atoms with Gasteiger partial charge in [-0.25, -0.2) is 4.98 Å². The summed E-state index contributed by atoms with van der Waals surface area (Å²) in [5, 5.41) is 9.93. The van der Waals surface area contributed by atoms with Gasteiger partial charge in [0.25, 0.3) is 0 Å². The molecule has 1 atom stereocenters. The quantitative estimate of drug-likeness (QED) is 0.881. The fraction of sp³-hybridized carbons (Fsp3) is 0.500. The molecule has 1 saturated heterocycles. The summed E-state index contributed by atoms with van der Waals surface area (Å²) in [4.78, 5) is 18.9. The van der Waals surface area contributed by atoms with Crippen molar-refractivity contribution in [2.45, 2.75) is 45.2 Å². The van der Waals surface area contributed by atoms with Crippen molar-refractivity contribution in [2.75, 3.05) is 13.1 Å². The van der Waals surface area contributed by atoms with E-state index < -0.39 is 0 Å². The van der Waals surface area contributed by atoms with Crippen molar-refractivity contribution in [3.63, 3.8) is 0 Å². The number of carbonyl (C=O) groups is 1. The minimum atomic E-state index is -0.105. The Hall–Kier alpha value is -2.21. The Balaban J connectivity index is 1.46. The van der Waals surface area contributed by atoms with E-state index in [9.17, 15) is 4.79 Å². The molecule has 0 aliphatic carbocycles. The zero-order chi connectivity index (χ0) is 16.9. The number of amides is 1. The number of aryl methyl sites for hydroxylation is 1. The molecule has 2 N–H and O–H groups in total. The van der Waals surface area contributed by atoms with Gasteiger partial charge in [-0.05, 0) is 45.3 Å². The van der Waals surface area contributed by atoms with Crippen LogP contribution < -0.4 is 5.32 Å². The molecule has 0 spiro atoms. The second-order valence-corrected chi connectivity index (χ2v) is 6.56. The van der Waals surface area contributed by atoms with Crippen molar-refractivity contribution in [1.82, 2.24) is 25.4 Å². The number of benzene rings is 1. The monoisotopic (exact) mass is 327 g/mol. The highest BCUT2D eigenvalue weighted by Gasteiger charge is 2.28. The summed E-state index contributed by atoms with van der Waals surface area (Å²) in [6.07, 6.45) is 3.57. The molecule has 2 heterocycles. The number of nitrogens with one attached hydrogen (secondary N) is 2. The Morgan fingerprint density at radius 3 is 2.67 bits per heavy atom. The first-order valence-electron chi connectivity index (χ1n) is 8.56. The van der Waals surface area contributed by atoms with Crippen LogP contribution in [0, 0.1) is 6.92 Å². The van der Waals surface area contributed by atoms with E-state index in [1.54, 1.807) is 6.33 Å². The summed E-state index contributed by atoms with van der Waals surface area (Å²) in [5.41, 5.74) is 2.36. The smallest absolute Gasteiger partial charge is 0.237 e. The maximum absolute atomic E-state index is 12.4. The molecule has 0 saturated carbocycles. The topological polar surface area (TPSA) is 73.9 Å². The van der Waals surface area contributed by atoms with Crippen LogP contribution in [-0.4, -0.2) is 45.1 Å². The zero-order valence-electron chi connectivity index (χ0n) is 14.3. The van der Waals surface area contributed by atoms with Crippen LogP contribution in [0.4, 0.5) is 0 Å². The van der Waals surface area contributed by atoms with Crippen LogP contribution in [0.5, 0.6) is 0 Å². The summed E-state index contributed by atoms with van der Waals surface area (Å²) in [6, 6.07) is 8.15. The van der Waals surface area contributed by atoms with Gasteiger partial charge in [0.05, 0.1) is 6.04 Å². The van der Waals surface area contributed by atoms with Crippen molar-refractivity contribution in [1.29, 1.82) is 0 Å². The minimum Gasteiger partial charge on any atom is -0.351 e. The molecule has 1 aliphatic rings. The molecule has 3 rings (SSSR count). The third kappa shape index (κ3) is 4.00. The highest BCUT2D eigenvalue weighted by Crippen LogP contribution is 2.25. The van der Waals surface area contributed by atoms with Gasteiger partial charge in [-0.3, -0.25) is 14.8 Å². The summed E-state index contributed by atoms with van der Waals surface area (Å²) >= 11 is 0. The average Bonchev–Trinajstić information content (AvgIpc) is 3.15. The number of likely N-dealkylation sites (tertiary alicyclic amines) is 1. The molecule has 1 aromatic carbocycles. The van der Waals surface area contributed by atoms with Gasteiger partial charge in [-0.1, -0.05) is 29.8 Å². The van der Waals surface area contributed by atoms with Crippen LogP contribution in [0.25, 0.3) is 0 Å². The molecule has 2 aromatic rings. The number of carbonyl (C=O) groups excluding carboxylic acids is 1. The van der Waals surface area contributed by atoms with Crippen molar-refractivity contribution < 1.29 is 4.79 Å². The highest BCUT2D eigenvalue weighted by molar-refractivity contribution is 5.81. The number of piperidine rings is 1. The fourth-order valence-electron chi connectivity index (χ4n) is 3.18. The van der Waals surface area contributed by atoms with Gasteiger partial charge in [0, 0.05) is 12.5 Å². The average molecular weight is 327 g/mol. The number of hydrogen-bond donors (Lipinski definition) is 2. The zero-order valence-corrected chi connectivity index (χ0v) is 14.3. The number of rotatable bonds is 5. The fourth-order valence-corrected chi connectivity index (χ4v) is 3.18. The SMILES string of the molecule is Cc1ccc(CNC(=O)C(C)N2CCC(c3ncn[nH]3)CC2)cc1. The van der Waals surface area contributed by atoms with E-state index in [0.29, 0.717) is 12.5 Å². The predicted molar refractivity (Wildman–Crippen MR) is 92.4 cm³/mol. The lowest BCUT2D eigenvalue weighted by Crippen LogP contribution is -2.47. The third-order valence-corrected chi connectivity index (χ3v) is 4.86. The summed E-state index contributed by atoms with van der Waals surface area (Å²) in [6.45, 7) is 6.44. The van der Waals surface area contributed by atoms with Crippen LogP contribution >= 0.6 is 0 Å². The molecule has 6 nitrogen and oxygen atoms in total. The highest BCUT2D eigenvalue weighted by atomic mass is 16.2. The second kappa shape index (κ2) is 7.57. The van der Waals surface area contributed by atoms with Crippen LogP contribution in [0.15, 0.2) is 30.6 Å². The molecule has 128 valence electrons. The number of H-pyrrole nitrogens is 1. The van der Waals surface area contributed by atoms with Gasteiger partial charge in [0.1, 0.15) is 12.2 Å². The molecule has 1 amide bonds. The van der Waals surface area contributed by atoms with Crippen molar-refractivity contribution >= 4 is 5.91 Å². The van der Waals surface area contributed by atoms with E-state index in [4.69, 9.17) is 0 Å². The van der Waals surface area contributed by atoms with Gasteiger partial charge in [-0.2, -0.15) is 5.10 Å². The molecule has 0 radical (unpaired) electrons. The maximum Gasteiger partial charge on any atom is 0.237 e. The summed E-state index contributed by atoms with van der Waals surface area (Å²) in [7, 11) is 0. The van der Waals surface area contributed by atoms with Gasteiger partial charge in [-0.15, -0.1) is 0 Å². The van der Waals surface area contributed by atoms with E-state index in [0.717, 1.165) is 37.3 Å². The lowest BCUT2D eigenvalue weighted by atomic mass is 9.95. The number of nitrogens with zero attached hydrogens (tertiary/aromatic N) is 3.